The van der Waals surface area contributed by atoms with Gasteiger partial charge in [-0.3, -0.25) is 0 Å². The molecule has 0 aliphatic rings. The average Bonchev–Trinajstić information content (AvgIpc) is 2.42. The molecule has 1 aromatic rings. The minimum absolute atomic E-state index is 0.334. The zero-order valence-electron chi connectivity index (χ0n) is 11.5. The van der Waals surface area contributed by atoms with E-state index in [0.29, 0.717) is 17.7 Å². The molecule has 0 unspecified atom stereocenters. The Balaban J connectivity index is 2.41. The van der Waals surface area contributed by atoms with E-state index in [1.54, 1.807) is 12.1 Å². The molecule has 0 fully saturated rings. The molecular weight excluding hydrogens is 240 g/mol. The Morgan fingerprint density at radius 3 is 2.47 bits per heavy atom. The van der Waals surface area contributed by atoms with Crippen molar-refractivity contribution in [3.8, 4) is 5.75 Å². The number of carboxylic acids is 1. The maximum absolute atomic E-state index is 11.1. The smallest absolute Gasteiger partial charge is 0.334 e. The van der Waals surface area contributed by atoms with Crippen LogP contribution in [0.4, 0.5) is 0 Å². The SMILES string of the molecule is CCCCCCCC(=COc1ccccc1)C(=O)O. The Kier molecular flexibility index (Phi) is 7.40. The van der Waals surface area contributed by atoms with Gasteiger partial charge in [0.2, 0.25) is 0 Å². The van der Waals surface area contributed by atoms with Crippen LogP contribution >= 0.6 is 0 Å². The van der Waals surface area contributed by atoms with E-state index >= 15 is 0 Å². The van der Waals surface area contributed by atoms with Crippen LogP contribution in [0.5, 0.6) is 5.75 Å². The monoisotopic (exact) mass is 262 g/mol. The Hall–Kier alpha value is -1.77. The van der Waals surface area contributed by atoms with Crippen molar-refractivity contribution < 1.29 is 14.6 Å². The first-order chi connectivity index (χ1) is 9.24. The number of carboxylic acid groups (broad SMARTS) is 1. The molecule has 3 nitrogen and oxygen atoms in total. The molecule has 0 spiro atoms. The van der Waals surface area contributed by atoms with Crippen molar-refractivity contribution in [1.29, 1.82) is 0 Å². The van der Waals surface area contributed by atoms with Gasteiger partial charge in [0.15, 0.2) is 0 Å². The summed E-state index contributed by atoms with van der Waals surface area (Å²) in [5, 5.41) is 9.11. The number of hydrogen-bond acceptors (Lipinski definition) is 2. The van der Waals surface area contributed by atoms with E-state index < -0.39 is 5.97 Å². The van der Waals surface area contributed by atoms with Crippen LogP contribution < -0.4 is 4.74 Å². The van der Waals surface area contributed by atoms with Crippen LogP contribution in [-0.2, 0) is 4.79 Å². The molecule has 3 heteroatoms. The maximum Gasteiger partial charge on any atom is 0.334 e. The van der Waals surface area contributed by atoms with E-state index in [-0.39, 0.29) is 0 Å². The van der Waals surface area contributed by atoms with Crippen LogP contribution in [0.25, 0.3) is 0 Å². The van der Waals surface area contributed by atoms with Gasteiger partial charge in [0.1, 0.15) is 12.0 Å². The molecule has 0 atom stereocenters. The van der Waals surface area contributed by atoms with E-state index in [0.717, 1.165) is 12.8 Å². The van der Waals surface area contributed by atoms with E-state index in [4.69, 9.17) is 9.84 Å². The van der Waals surface area contributed by atoms with Gasteiger partial charge in [0, 0.05) is 0 Å². The van der Waals surface area contributed by atoms with E-state index in [1.165, 1.54) is 25.5 Å². The molecule has 0 amide bonds. The van der Waals surface area contributed by atoms with Gasteiger partial charge in [-0.15, -0.1) is 0 Å². The third-order valence-corrected chi connectivity index (χ3v) is 2.90. The Morgan fingerprint density at radius 2 is 1.84 bits per heavy atom. The summed E-state index contributed by atoms with van der Waals surface area (Å²) < 4.78 is 5.36. The third kappa shape index (κ3) is 6.65. The number of rotatable bonds is 9. The summed E-state index contributed by atoms with van der Waals surface area (Å²) in [4.78, 5) is 11.1. The van der Waals surface area contributed by atoms with Gasteiger partial charge in [0.25, 0.3) is 0 Å². The summed E-state index contributed by atoms with van der Waals surface area (Å²) in [5.74, 6) is -0.237. The van der Waals surface area contributed by atoms with E-state index in [1.807, 2.05) is 18.2 Å². The van der Waals surface area contributed by atoms with Crippen molar-refractivity contribution >= 4 is 5.97 Å². The van der Waals surface area contributed by atoms with Crippen LogP contribution in [0.15, 0.2) is 42.2 Å². The molecule has 0 saturated heterocycles. The minimum Gasteiger partial charge on any atom is -0.478 e. The lowest BCUT2D eigenvalue weighted by atomic mass is 10.1. The molecule has 0 radical (unpaired) electrons. The summed E-state index contributed by atoms with van der Waals surface area (Å²) in [6.45, 7) is 2.16. The highest BCUT2D eigenvalue weighted by Gasteiger charge is 2.07. The fraction of sp³-hybridized carbons (Fsp3) is 0.438. The van der Waals surface area contributed by atoms with Crippen LogP contribution in [0.2, 0.25) is 0 Å². The predicted molar refractivity (Wildman–Crippen MR) is 76.2 cm³/mol. The molecule has 0 aliphatic carbocycles. The predicted octanol–water partition coefficient (Wildman–Crippen LogP) is 4.39. The molecule has 1 N–H and O–H groups in total. The van der Waals surface area contributed by atoms with Gasteiger partial charge >= 0.3 is 5.97 Å². The summed E-state index contributed by atoms with van der Waals surface area (Å²) in [6.07, 6.45) is 7.47. The van der Waals surface area contributed by atoms with Crippen molar-refractivity contribution in [2.24, 2.45) is 0 Å². The second-order valence-electron chi connectivity index (χ2n) is 4.54. The summed E-state index contributed by atoms with van der Waals surface area (Å²) in [5.41, 5.74) is 0.334. The highest BCUT2D eigenvalue weighted by atomic mass is 16.5. The second kappa shape index (κ2) is 9.20. The number of para-hydroxylation sites is 1. The number of benzene rings is 1. The number of unbranched alkanes of at least 4 members (excludes halogenated alkanes) is 4. The molecule has 104 valence electrons. The van der Waals surface area contributed by atoms with Crippen molar-refractivity contribution in [2.45, 2.75) is 45.4 Å². The summed E-state index contributed by atoms with van der Waals surface area (Å²) in [7, 11) is 0. The first-order valence-electron chi connectivity index (χ1n) is 6.88. The number of hydrogen-bond donors (Lipinski definition) is 1. The zero-order chi connectivity index (χ0) is 13.9. The van der Waals surface area contributed by atoms with Gasteiger partial charge in [-0.2, -0.15) is 0 Å². The standard InChI is InChI=1S/C16H22O3/c1-2-3-4-5-7-10-14(16(17)18)13-19-15-11-8-6-9-12-15/h6,8-9,11-13H,2-5,7,10H2,1H3,(H,17,18). The number of ether oxygens (including phenoxy) is 1. The van der Waals surface area contributed by atoms with E-state index in [9.17, 15) is 4.79 Å². The molecule has 0 bridgehead atoms. The van der Waals surface area contributed by atoms with Crippen molar-refractivity contribution in [1.82, 2.24) is 0 Å². The number of carbonyl (C=O) groups is 1. The molecule has 19 heavy (non-hydrogen) atoms. The quantitative estimate of drug-likeness (QED) is 0.408. The lowest BCUT2D eigenvalue weighted by molar-refractivity contribution is -0.132. The molecule has 0 saturated carbocycles. The van der Waals surface area contributed by atoms with Crippen molar-refractivity contribution in [3.63, 3.8) is 0 Å². The fourth-order valence-electron chi connectivity index (χ4n) is 1.77. The van der Waals surface area contributed by atoms with Crippen molar-refractivity contribution in [2.75, 3.05) is 0 Å². The highest BCUT2D eigenvalue weighted by Crippen LogP contribution is 2.14. The zero-order valence-corrected chi connectivity index (χ0v) is 11.5. The maximum atomic E-state index is 11.1. The molecular formula is C16H22O3. The Morgan fingerprint density at radius 1 is 1.16 bits per heavy atom. The lowest BCUT2D eigenvalue weighted by Crippen LogP contribution is -2.02. The van der Waals surface area contributed by atoms with Gasteiger partial charge in [-0.25, -0.2) is 4.79 Å². The van der Waals surface area contributed by atoms with Crippen LogP contribution in [0.3, 0.4) is 0 Å². The van der Waals surface area contributed by atoms with E-state index in [2.05, 4.69) is 6.92 Å². The van der Waals surface area contributed by atoms with Crippen molar-refractivity contribution in [3.05, 3.63) is 42.2 Å². The number of aliphatic carboxylic acids is 1. The fourth-order valence-corrected chi connectivity index (χ4v) is 1.77. The lowest BCUT2D eigenvalue weighted by Gasteiger charge is -2.04. The first kappa shape index (κ1) is 15.3. The molecule has 0 aliphatic heterocycles. The van der Waals surface area contributed by atoms with Gasteiger partial charge in [-0.05, 0) is 25.0 Å². The van der Waals surface area contributed by atoms with Gasteiger partial charge in [0.05, 0.1) is 5.57 Å². The van der Waals surface area contributed by atoms with Crippen LogP contribution in [0, 0.1) is 0 Å². The van der Waals surface area contributed by atoms with Gasteiger partial charge in [-0.1, -0.05) is 50.8 Å². The molecule has 1 aromatic carbocycles. The molecule has 1 rings (SSSR count). The topological polar surface area (TPSA) is 46.5 Å². The third-order valence-electron chi connectivity index (χ3n) is 2.90. The van der Waals surface area contributed by atoms with Crippen LogP contribution in [0.1, 0.15) is 45.4 Å². The van der Waals surface area contributed by atoms with Gasteiger partial charge < -0.3 is 9.84 Å². The van der Waals surface area contributed by atoms with Crippen LogP contribution in [-0.4, -0.2) is 11.1 Å². The second-order valence-corrected chi connectivity index (χ2v) is 4.54. The largest absolute Gasteiger partial charge is 0.478 e. The highest BCUT2D eigenvalue weighted by molar-refractivity contribution is 5.86. The normalized spacial score (nSPS) is 11.3. The Bertz CT molecular complexity index is 396. The summed E-state index contributed by atoms with van der Waals surface area (Å²) in [6, 6.07) is 9.21. The summed E-state index contributed by atoms with van der Waals surface area (Å²) >= 11 is 0. The molecule has 0 aromatic heterocycles. The first-order valence-corrected chi connectivity index (χ1v) is 6.88. The Labute approximate surface area is 114 Å². The average molecular weight is 262 g/mol. The minimum atomic E-state index is -0.897. The molecule has 0 heterocycles.